The van der Waals surface area contributed by atoms with Crippen LogP contribution in [0, 0.1) is 0 Å². The molecule has 0 radical (unpaired) electrons. The highest BCUT2D eigenvalue weighted by Gasteiger charge is 2.18. The number of nitrogens with one attached hydrogen (secondary N) is 2. The third kappa shape index (κ3) is 3.35. The van der Waals surface area contributed by atoms with Crippen LogP contribution in [0.1, 0.15) is 10.5 Å². The van der Waals surface area contributed by atoms with Crippen LogP contribution in [0.15, 0.2) is 59.5 Å². The summed E-state index contributed by atoms with van der Waals surface area (Å²) in [7, 11) is -1.11. The lowest BCUT2D eigenvalue weighted by Crippen LogP contribution is -2.13. The third-order valence-electron chi connectivity index (χ3n) is 3.23. The maximum atomic E-state index is 12.4. The topological polar surface area (TPSA) is 87.7 Å². The van der Waals surface area contributed by atoms with E-state index in [1.54, 1.807) is 30.5 Å². The summed E-state index contributed by atoms with van der Waals surface area (Å²) in [4.78, 5) is 13.1. The number of rotatable bonds is 4. The molecule has 1 unspecified atom stereocenters. The van der Waals surface area contributed by atoms with Crippen LogP contribution in [0.4, 0.5) is 5.69 Å². The highest BCUT2D eigenvalue weighted by Crippen LogP contribution is 2.20. The zero-order valence-corrected chi connectivity index (χ0v) is 13.1. The van der Waals surface area contributed by atoms with Gasteiger partial charge in [-0.3, -0.25) is 9.00 Å². The van der Waals surface area contributed by atoms with Crippen molar-refractivity contribution in [2.24, 2.45) is 0 Å². The van der Waals surface area contributed by atoms with Gasteiger partial charge in [0.05, 0.1) is 0 Å². The quantitative estimate of drug-likeness (QED) is 0.771. The summed E-state index contributed by atoms with van der Waals surface area (Å²) in [5.74, 6) is -0.378. The minimum Gasteiger partial charge on any atom is -0.320 e. The summed E-state index contributed by atoms with van der Waals surface area (Å²) in [5.41, 5.74) is 2.05. The molecule has 0 aliphatic rings. The van der Waals surface area contributed by atoms with Gasteiger partial charge in [0.2, 0.25) is 0 Å². The summed E-state index contributed by atoms with van der Waals surface area (Å²) in [6.45, 7) is 0. The van der Waals surface area contributed by atoms with Crippen LogP contribution in [0.3, 0.4) is 0 Å². The molecule has 0 aliphatic heterocycles. The van der Waals surface area contributed by atoms with Gasteiger partial charge >= 0.3 is 0 Å². The number of carbonyl (C=O) groups is 1. The fourth-order valence-electron chi connectivity index (χ4n) is 2.13. The van der Waals surface area contributed by atoms with Gasteiger partial charge in [0.25, 0.3) is 5.91 Å². The summed E-state index contributed by atoms with van der Waals surface area (Å²) in [5, 5.41) is 13.2. The number of anilines is 1. The van der Waals surface area contributed by atoms with Crippen LogP contribution in [-0.4, -0.2) is 31.8 Å². The number of aromatic amines is 1. The fourth-order valence-corrected chi connectivity index (χ4v) is 2.69. The Morgan fingerprint density at radius 3 is 2.61 bits per heavy atom. The van der Waals surface area contributed by atoms with Crippen molar-refractivity contribution in [2.75, 3.05) is 11.6 Å². The lowest BCUT2D eigenvalue weighted by atomic mass is 10.1. The maximum absolute atomic E-state index is 12.4. The van der Waals surface area contributed by atoms with Crippen molar-refractivity contribution in [1.29, 1.82) is 0 Å². The molecular formula is C16H14N4O2S. The smallest absolute Gasteiger partial charge is 0.278 e. The molecule has 0 saturated carbocycles. The van der Waals surface area contributed by atoms with Gasteiger partial charge in [-0.25, -0.2) is 0 Å². The van der Waals surface area contributed by atoms with Gasteiger partial charge in [-0.05, 0) is 18.2 Å². The maximum Gasteiger partial charge on any atom is 0.278 e. The SMILES string of the molecule is CS(=O)c1cccc(NC(=O)c2n[nH]nc2-c2ccccc2)c1. The minimum absolute atomic E-state index is 0.208. The van der Waals surface area contributed by atoms with E-state index < -0.39 is 10.8 Å². The number of carbonyl (C=O) groups excluding carboxylic acids is 1. The molecule has 6 nitrogen and oxygen atoms in total. The van der Waals surface area contributed by atoms with E-state index in [1.165, 1.54) is 0 Å². The number of amides is 1. The van der Waals surface area contributed by atoms with Crippen molar-refractivity contribution in [3.05, 3.63) is 60.3 Å². The monoisotopic (exact) mass is 326 g/mol. The Morgan fingerprint density at radius 2 is 1.87 bits per heavy atom. The van der Waals surface area contributed by atoms with Gasteiger partial charge in [0.1, 0.15) is 5.69 Å². The second-order valence-corrected chi connectivity index (χ2v) is 6.20. The Bertz CT molecular complexity index is 861. The Labute approximate surface area is 135 Å². The van der Waals surface area contributed by atoms with Crippen molar-refractivity contribution < 1.29 is 9.00 Å². The van der Waals surface area contributed by atoms with Crippen molar-refractivity contribution in [3.8, 4) is 11.3 Å². The molecule has 0 fully saturated rings. The second-order valence-electron chi connectivity index (χ2n) is 4.82. The molecule has 3 aromatic rings. The molecule has 1 aromatic heterocycles. The van der Waals surface area contributed by atoms with Crippen molar-refractivity contribution in [2.45, 2.75) is 4.90 Å². The Balaban J connectivity index is 1.87. The highest BCUT2D eigenvalue weighted by molar-refractivity contribution is 7.84. The summed E-state index contributed by atoms with van der Waals surface area (Å²) in [6, 6.07) is 16.2. The van der Waals surface area contributed by atoms with Crippen LogP contribution in [0.2, 0.25) is 0 Å². The number of hydrogen-bond donors (Lipinski definition) is 2. The van der Waals surface area contributed by atoms with Gasteiger partial charge in [-0.2, -0.15) is 15.4 Å². The molecule has 0 saturated heterocycles. The van der Waals surface area contributed by atoms with E-state index in [9.17, 15) is 9.00 Å². The van der Waals surface area contributed by atoms with Crippen LogP contribution in [-0.2, 0) is 10.8 Å². The van der Waals surface area contributed by atoms with Crippen LogP contribution in [0.25, 0.3) is 11.3 Å². The Morgan fingerprint density at radius 1 is 1.09 bits per heavy atom. The van der Waals surface area contributed by atoms with Crippen molar-refractivity contribution in [1.82, 2.24) is 15.4 Å². The zero-order chi connectivity index (χ0) is 16.2. The van der Waals surface area contributed by atoms with E-state index in [-0.39, 0.29) is 11.6 Å². The number of H-pyrrole nitrogens is 1. The van der Waals surface area contributed by atoms with Crippen LogP contribution < -0.4 is 5.32 Å². The van der Waals surface area contributed by atoms with E-state index in [1.807, 2.05) is 30.3 Å². The molecule has 1 heterocycles. The molecule has 0 spiro atoms. The number of hydrogen-bond acceptors (Lipinski definition) is 4. The molecule has 2 N–H and O–H groups in total. The first-order valence-electron chi connectivity index (χ1n) is 6.86. The molecule has 7 heteroatoms. The molecule has 3 rings (SSSR count). The standard InChI is InChI=1S/C16H14N4O2S/c1-23(22)13-9-5-8-12(10-13)17-16(21)15-14(18-20-19-15)11-6-3-2-4-7-11/h2-10H,1H3,(H,17,21)(H,18,19,20). The van der Waals surface area contributed by atoms with E-state index in [4.69, 9.17) is 0 Å². The average molecular weight is 326 g/mol. The van der Waals surface area contributed by atoms with E-state index in [0.29, 0.717) is 16.3 Å². The lowest BCUT2D eigenvalue weighted by Gasteiger charge is -2.06. The number of aromatic nitrogens is 3. The van der Waals surface area contributed by atoms with Crippen molar-refractivity contribution in [3.63, 3.8) is 0 Å². The second kappa shape index (κ2) is 6.53. The molecule has 23 heavy (non-hydrogen) atoms. The summed E-state index contributed by atoms with van der Waals surface area (Å²) in [6.07, 6.45) is 1.59. The first-order valence-corrected chi connectivity index (χ1v) is 8.42. The minimum atomic E-state index is -1.11. The normalized spacial score (nSPS) is 11.9. The Kier molecular flexibility index (Phi) is 4.29. The Hall–Kier alpha value is -2.80. The predicted octanol–water partition coefficient (Wildman–Crippen LogP) is 2.46. The van der Waals surface area contributed by atoms with Gasteiger partial charge < -0.3 is 5.32 Å². The van der Waals surface area contributed by atoms with Crippen molar-refractivity contribution >= 4 is 22.4 Å². The third-order valence-corrected chi connectivity index (χ3v) is 4.15. The van der Waals surface area contributed by atoms with Gasteiger partial charge in [0, 0.05) is 33.2 Å². The summed E-state index contributed by atoms with van der Waals surface area (Å²) >= 11 is 0. The summed E-state index contributed by atoms with van der Waals surface area (Å²) < 4.78 is 11.5. The largest absolute Gasteiger partial charge is 0.320 e. The molecule has 0 bridgehead atoms. The van der Waals surface area contributed by atoms with E-state index in [2.05, 4.69) is 20.7 Å². The average Bonchev–Trinajstić information content (AvgIpc) is 3.05. The van der Waals surface area contributed by atoms with Gasteiger partial charge in [0.15, 0.2) is 5.69 Å². The molecule has 116 valence electrons. The highest BCUT2D eigenvalue weighted by atomic mass is 32.2. The van der Waals surface area contributed by atoms with E-state index in [0.717, 1.165) is 5.56 Å². The molecule has 1 atom stereocenters. The van der Waals surface area contributed by atoms with Gasteiger partial charge in [-0.1, -0.05) is 36.4 Å². The fraction of sp³-hybridized carbons (Fsp3) is 0.0625. The van der Waals surface area contributed by atoms with E-state index >= 15 is 0 Å². The number of nitrogens with zero attached hydrogens (tertiary/aromatic N) is 2. The van der Waals surface area contributed by atoms with Gasteiger partial charge in [-0.15, -0.1) is 0 Å². The molecular weight excluding hydrogens is 312 g/mol. The first-order chi connectivity index (χ1) is 11.1. The van der Waals surface area contributed by atoms with Crippen LogP contribution >= 0.6 is 0 Å². The number of benzene rings is 2. The zero-order valence-electron chi connectivity index (χ0n) is 12.3. The molecule has 1 amide bonds. The lowest BCUT2D eigenvalue weighted by molar-refractivity contribution is 0.102. The molecule has 0 aliphatic carbocycles. The van der Waals surface area contributed by atoms with Crippen LogP contribution in [0.5, 0.6) is 0 Å². The first kappa shape index (κ1) is 15.1. The predicted molar refractivity (Wildman–Crippen MR) is 88.5 cm³/mol. The molecule has 2 aromatic carbocycles.